The topological polar surface area (TPSA) is 68.1 Å². The number of sulfonamides is 1. The van der Waals surface area contributed by atoms with Gasteiger partial charge in [-0.15, -0.1) is 0 Å². The molecule has 0 bridgehead atoms. The lowest BCUT2D eigenvalue weighted by atomic mass is 10.1. The Bertz CT molecular complexity index is 1050. The van der Waals surface area contributed by atoms with Gasteiger partial charge in [0, 0.05) is 36.8 Å². The van der Waals surface area contributed by atoms with Crippen molar-refractivity contribution in [3.63, 3.8) is 0 Å². The van der Waals surface area contributed by atoms with Crippen molar-refractivity contribution in [2.45, 2.75) is 30.7 Å². The van der Waals surface area contributed by atoms with Gasteiger partial charge in [0.05, 0.1) is 4.90 Å². The van der Waals surface area contributed by atoms with E-state index >= 15 is 0 Å². The minimum Gasteiger partial charge on any atom is -0.313 e. The number of aromatic nitrogens is 3. The third-order valence-corrected chi connectivity index (χ3v) is 6.95. The van der Waals surface area contributed by atoms with Crippen molar-refractivity contribution in [3.8, 4) is 0 Å². The van der Waals surface area contributed by atoms with Crippen molar-refractivity contribution in [1.29, 1.82) is 0 Å². The van der Waals surface area contributed by atoms with Crippen LogP contribution in [0.4, 0.5) is 0 Å². The summed E-state index contributed by atoms with van der Waals surface area (Å²) in [5.41, 5.74) is 1.70. The molecule has 3 aromatic rings. The fourth-order valence-corrected chi connectivity index (χ4v) is 5.14. The number of pyridine rings is 1. The molecule has 4 rings (SSSR count). The van der Waals surface area contributed by atoms with Crippen LogP contribution in [0, 0.1) is 0 Å². The molecule has 0 aliphatic carbocycles. The molecule has 0 N–H and O–H groups in total. The Balaban J connectivity index is 1.64. The Morgan fingerprint density at radius 2 is 2.00 bits per heavy atom. The van der Waals surface area contributed by atoms with Crippen LogP contribution in [0.1, 0.15) is 25.1 Å². The molecule has 0 unspecified atom stereocenters. The van der Waals surface area contributed by atoms with E-state index in [2.05, 4.69) is 16.5 Å². The quantitative estimate of drug-likeness (QED) is 0.685. The van der Waals surface area contributed by atoms with E-state index < -0.39 is 10.0 Å². The van der Waals surface area contributed by atoms with Gasteiger partial charge in [0.25, 0.3) is 0 Å². The van der Waals surface area contributed by atoms with Gasteiger partial charge in [-0.3, -0.25) is 0 Å². The van der Waals surface area contributed by atoms with Crippen LogP contribution in [0.15, 0.2) is 47.5 Å². The van der Waals surface area contributed by atoms with Crippen molar-refractivity contribution < 1.29 is 8.42 Å². The Labute approximate surface area is 157 Å². The number of halogens is 1. The summed E-state index contributed by atoms with van der Waals surface area (Å²) in [6.07, 6.45) is 2.50. The van der Waals surface area contributed by atoms with Crippen molar-refractivity contribution in [2.24, 2.45) is 0 Å². The number of hydrogen-bond acceptors (Lipinski definition) is 4. The highest BCUT2D eigenvalue weighted by Gasteiger charge is 2.35. The maximum atomic E-state index is 12.9. The number of aryl methyl sites for hydroxylation is 1. The van der Waals surface area contributed by atoms with Crippen molar-refractivity contribution in [3.05, 3.63) is 53.4 Å². The van der Waals surface area contributed by atoms with Crippen LogP contribution >= 0.6 is 11.6 Å². The van der Waals surface area contributed by atoms with Crippen molar-refractivity contribution >= 4 is 32.8 Å². The summed E-state index contributed by atoms with van der Waals surface area (Å²) < 4.78 is 29.4. The first kappa shape index (κ1) is 17.5. The lowest BCUT2D eigenvalue weighted by Crippen LogP contribution is -2.29. The van der Waals surface area contributed by atoms with Gasteiger partial charge in [-0.05, 0) is 49.7 Å². The van der Waals surface area contributed by atoms with Crippen LogP contribution in [-0.2, 0) is 16.6 Å². The fraction of sp³-hybridized carbons (Fsp3) is 0.333. The maximum Gasteiger partial charge on any atom is 0.243 e. The molecule has 1 aliphatic heterocycles. The van der Waals surface area contributed by atoms with Crippen LogP contribution < -0.4 is 0 Å². The van der Waals surface area contributed by atoms with Crippen LogP contribution in [0.3, 0.4) is 0 Å². The van der Waals surface area contributed by atoms with E-state index in [1.165, 1.54) is 4.31 Å². The molecule has 1 aliphatic rings. The Morgan fingerprint density at radius 1 is 1.23 bits per heavy atom. The molecule has 0 radical (unpaired) electrons. The zero-order chi connectivity index (χ0) is 18.3. The standard InChI is InChI=1S/C18H19ClN4O2S/c1-2-23-17(21-16-4-3-10-20-18(16)23)13-9-11-22(12-13)26(24,25)15-7-5-14(19)6-8-15/h3-8,10,13H,2,9,11-12H2,1H3/t13-/m0/s1. The molecule has 136 valence electrons. The van der Waals surface area contributed by atoms with Gasteiger partial charge in [0.2, 0.25) is 10.0 Å². The monoisotopic (exact) mass is 390 g/mol. The van der Waals surface area contributed by atoms with E-state index in [1.54, 1.807) is 30.5 Å². The second-order valence-electron chi connectivity index (χ2n) is 6.36. The number of nitrogens with zero attached hydrogens (tertiary/aromatic N) is 4. The van der Waals surface area contributed by atoms with Crippen LogP contribution in [0.2, 0.25) is 5.02 Å². The zero-order valence-corrected chi connectivity index (χ0v) is 15.9. The first-order valence-electron chi connectivity index (χ1n) is 8.57. The van der Waals surface area contributed by atoms with Crippen LogP contribution in [0.5, 0.6) is 0 Å². The van der Waals surface area contributed by atoms with Gasteiger partial charge in [-0.1, -0.05) is 11.6 Å². The molecule has 1 fully saturated rings. The van der Waals surface area contributed by atoms with Crippen molar-refractivity contribution in [2.75, 3.05) is 13.1 Å². The number of benzene rings is 1. The first-order valence-corrected chi connectivity index (χ1v) is 10.4. The Hall–Kier alpha value is -1.96. The third kappa shape index (κ3) is 2.90. The maximum absolute atomic E-state index is 12.9. The zero-order valence-electron chi connectivity index (χ0n) is 14.3. The molecule has 0 spiro atoms. The minimum atomic E-state index is -3.52. The summed E-state index contributed by atoms with van der Waals surface area (Å²) in [4.78, 5) is 9.42. The molecule has 0 amide bonds. The normalized spacial score (nSPS) is 18.6. The molecule has 8 heteroatoms. The average Bonchev–Trinajstić information content (AvgIpc) is 3.27. The summed E-state index contributed by atoms with van der Waals surface area (Å²) in [5, 5.41) is 0.521. The van der Waals surface area contributed by atoms with E-state index in [4.69, 9.17) is 16.6 Å². The third-order valence-electron chi connectivity index (χ3n) is 4.82. The summed E-state index contributed by atoms with van der Waals surface area (Å²) in [6, 6.07) is 10.1. The molecule has 1 saturated heterocycles. The fourth-order valence-electron chi connectivity index (χ4n) is 3.51. The van der Waals surface area contributed by atoms with E-state index in [0.29, 0.717) is 18.1 Å². The summed E-state index contributed by atoms with van der Waals surface area (Å²) >= 11 is 5.87. The van der Waals surface area contributed by atoms with Crippen molar-refractivity contribution in [1.82, 2.24) is 18.8 Å². The first-order chi connectivity index (χ1) is 12.5. The summed E-state index contributed by atoms with van der Waals surface area (Å²) in [7, 11) is -3.52. The Morgan fingerprint density at radius 3 is 2.73 bits per heavy atom. The van der Waals surface area contributed by atoms with Gasteiger partial charge in [0.1, 0.15) is 11.3 Å². The van der Waals surface area contributed by atoms with Gasteiger partial charge >= 0.3 is 0 Å². The molecule has 3 heterocycles. The highest BCUT2D eigenvalue weighted by molar-refractivity contribution is 7.89. The number of fused-ring (bicyclic) bond motifs is 1. The van der Waals surface area contributed by atoms with Crippen LogP contribution in [-0.4, -0.2) is 40.3 Å². The molecule has 2 aromatic heterocycles. The number of hydrogen-bond donors (Lipinski definition) is 0. The van der Waals surface area contributed by atoms with Gasteiger partial charge in [0.15, 0.2) is 5.65 Å². The van der Waals surface area contributed by atoms with E-state index in [0.717, 1.165) is 30.0 Å². The lowest BCUT2D eigenvalue weighted by molar-refractivity contribution is 0.469. The van der Waals surface area contributed by atoms with Gasteiger partial charge in [-0.2, -0.15) is 4.31 Å². The number of rotatable bonds is 4. The SMILES string of the molecule is CCn1c([C@H]2CCN(S(=O)(=O)c3ccc(Cl)cc3)C2)nc2cccnc21. The van der Waals surface area contributed by atoms with Gasteiger partial charge in [-0.25, -0.2) is 18.4 Å². The average molecular weight is 391 g/mol. The largest absolute Gasteiger partial charge is 0.313 e. The molecule has 1 aromatic carbocycles. The molecule has 6 nitrogen and oxygen atoms in total. The van der Waals surface area contributed by atoms with Crippen LogP contribution in [0.25, 0.3) is 11.2 Å². The predicted molar refractivity (Wildman–Crippen MR) is 101 cm³/mol. The minimum absolute atomic E-state index is 0.0613. The molecule has 1 atom stereocenters. The summed E-state index contributed by atoms with van der Waals surface area (Å²) in [6.45, 7) is 3.71. The number of imidazole rings is 1. The van der Waals surface area contributed by atoms with E-state index in [1.807, 2.05) is 12.1 Å². The lowest BCUT2D eigenvalue weighted by Gasteiger charge is -2.17. The molecule has 0 saturated carbocycles. The molecular formula is C18H19ClN4O2S. The predicted octanol–water partition coefficient (Wildman–Crippen LogP) is 3.28. The smallest absolute Gasteiger partial charge is 0.243 e. The van der Waals surface area contributed by atoms with E-state index in [-0.39, 0.29) is 10.8 Å². The molecular weight excluding hydrogens is 372 g/mol. The second kappa shape index (κ2) is 6.64. The highest BCUT2D eigenvalue weighted by atomic mass is 35.5. The highest BCUT2D eigenvalue weighted by Crippen LogP contribution is 2.32. The summed E-state index contributed by atoms with van der Waals surface area (Å²) in [5.74, 6) is 0.973. The van der Waals surface area contributed by atoms with E-state index in [9.17, 15) is 8.42 Å². The molecule has 26 heavy (non-hydrogen) atoms. The van der Waals surface area contributed by atoms with Gasteiger partial charge < -0.3 is 4.57 Å². The Kier molecular flexibility index (Phi) is 4.46. The second-order valence-corrected chi connectivity index (χ2v) is 8.74.